The Hall–Kier alpha value is -2.37. The smallest absolute Gasteiger partial charge is 0.335 e. The SMILES string of the molecule is O=C(O)c1cc(F)nc(-c2cccc(F)c2F)c1. The highest BCUT2D eigenvalue weighted by molar-refractivity contribution is 5.88. The molecule has 92 valence electrons. The minimum absolute atomic E-state index is 0.274. The fourth-order valence-electron chi connectivity index (χ4n) is 1.46. The Balaban J connectivity index is 2.64. The minimum Gasteiger partial charge on any atom is -0.478 e. The van der Waals surface area contributed by atoms with Crippen LogP contribution in [0.5, 0.6) is 0 Å². The van der Waals surface area contributed by atoms with Gasteiger partial charge >= 0.3 is 5.97 Å². The first-order chi connectivity index (χ1) is 8.49. The van der Waals surface area contributed by atoms with Crippen LogP contribution in [0.25, 0.3) is 11.3 Å². The standard InChI is InChI=1S/C12H6F3NO2/c13-8-3-1-2-7(11(8)15)9-4-6(12(17)18)5-10(14)16-9/h1-5H,(H,17,18). The summed E-state index contributed by atoms with van der Waals surface area (Å²) in [6.45, 7) is 0. The van der Waals surface area contributed by atoms with Crippen LogP contribution in [0.4, 0.5) is 13.2 Å². The fourth-order valence-corrected chi connectivity index (χ4v) is 1.46. The molecule has 1 heterocycles. The number of rotatable bonds is 2. The first kappa shape index (κ1) is 12.1. The highest BCUT2D eigenvalue weighted by Gasteiger charge is 2.14. The van der Waals surface area contributed by atoms with Crippen LogP contribution >= 0.6 is 0 Å². The Labute approximate surface area is 99.5 Å². The third kappa shape index (κ3) is 2.17. The van der Waals surface area contributed by atoms with E-state index in [1.54, 1.807) is 0 Å². The summed E-state index contributed by atoms with van der Waals surface area (Å²) in [5, 5.41) is 8.74. The third-order valence-corrected chi connectivity index (χ3v) is 2.27. The van der Waals surface area contributed by atoms with Crippen LogP contribution in [0.3, 0.4) is 0 Å². The van der Waals surface area contributed by atoms with Crippen molar-refractivity contribution in [2.45, 2.75) is 0 Å². The second-order valence-corrected chi connectivity index (χ2v) is 3.47. The van der Waals surface area contributed by atoms with Crippen molar-refractivity contribution in [2.75, 3.05) is 0 Å². The number of carboxylic acids is 1. The first-order valence-electron chi connectivity index (χ1n) is 4.84. The summed E-state index contributed by atoms with van der Waals surface area (Å²) in [5.41, 5.74) is -0.956. The molecule has 0 atom stereocenters. The maximum Gasteiger partial charge on any atom is 0.335 e. The molecule has 0 aliphatic carbocycles. The number of benzene rings is 1. The molecule has 1 aromatic heterocycles. The van der Waals surface area contributed by atoms with Crippen molar-refractivity contribution >= 4 is 5.97 Å². The van der Waals surface area contributed by atoms with Gasteiger partial charge in [-0.2, -0.15) is 4.39 Å². The van der Waals surface area contributed by atoms with Gasteiger partial charge in [-0.15, -0.1) is 0 Å². The van der Waals surface area contributed by atoms with Crippen molar-refractivity contribution in [3.8, 4) is 11.3 Å². The van der Waals surface area contributed by atoms with Gasteiger partial charge in [-0.05, 0) is 18.2 Å². The number of pyridine rings is 1. The zero-order chi connectivity index (χ0) is 13.3. The van der Waals surface area contributed by atoms with E-state index in [0.717, 1.165) is 12.1 Å². The second-order valence-electron chi connectivity index (χ2n) is 3.47. The molecule has 0 fully saturated rings. The van der Waals surface area contributed by atoms with Crippen LogP contribution in [0.15, 0.2) is 30.3 Å². The lowest BCUT2D eigenvalue weighted by atomic mass is 10.1. The predicted octanol–water partition coefficient (Wildman–Crippen LogP) is 2.86. The van der Waals surface area contributed by atoms with Crippen LogP contribution in [-0.4, -0.2) is 16.1 Å². The van der Waals surface area contributed by atoms with Crippen molar-refractivity contribution in [2.24, 2.45) is 0 Å². The molecule has 0 saturated heterocycles. The molecule has 0 aliphatic rings. The molecule has 6 heteroatoms. The van der Waals surface area contributed by atoms with Crippen molar-refractivity contribution in [1.29, 1.82) is 0 Å². The molecule has 3 nitrogen and oxygen atoms in total. The van der Waals surface area contributed by atoms with Gasteiger partial charge in [0, 0.05) is 11.6 Å². The fraction of sp³-hybridized carbons (Fsp3) is 0. The zero-order valence-corrected chi connectivity index (χ0v) is 8.82. The molecule has 0 saturated carbocycles. The number of aromatic nitrogens is 1. The maximum absolute atomic E-state index is 13.5. The number of carboxylic acid groups (broad SMARTS) is 1. The quantitative estimate of drug-likeness (QED) is 0.837. The van der Waals surface area contributed by atoms with Gasteiger partial charge in [-0.25, -0.2) is 18.6 Å². The maximum atomic E-state index is 13.5. The Morgan fingerprint density at radius 1 is 1.17 bits per heavy atom. The lowest BCUT2D eigenvalue weighted by Gasteiger charge is -2.04. The van der Waals surface area contributed by atoms with Gasteiger partial charge in [0.25, 0.3) is 0 Å². The Bertz CT molecular complexity index is 629. The predicted molar refractivity (Wildman–Crippen MR) is 56.5 cm³/mol. The van der Waals surface area contributed by atoms with Gasteiger partial charge in [-0.1, -0.05) is 6.07 Å². The number of hydrogen-bond acceptors (Lipinski definition) is 2. The van der Waals surface area contributed by atoms with Crippen LogP contribution in [-0.2, 0) is 0 Å². The van der Waals surface area contributed by atoms with Crippen LogP contribution in [0.2, 0.25) is 0 Å². The van der Waals surface area contributed by atoms with E-state index in [-0.39, 0.29) is 16.8 Å². The summed E-state index contributed by atoms with van der Waals surface area (Å²) in [7, 11) is 0. The third-order valence-electron chi connectivity index (χ3n) is 2.27. The number of aromatic carboxylic acids is 1. The number of halogens is 3. The van der Waals surface area contributed by atoms with Crippen LogP contribution in [0.1, 0.15) is 10.4 Å². The lowest BCUT2D eigenvalue weighted by Crippen LogP contribution is -2.01. The molecular formula is C12H6F3NO2. The van der Waals surface area contributed by atoms with E-state index in [0.29, 0.717) is 6.07 Å². The Kier molecular flexibility index (Phi) is 3.01. The average Bonchev–Trinajstić information content (AvgIpc) is 2.31. The first-order valence-corrected chi connectivity index (χ1v) is 4.84. The Morgan fingerprint density at radius 3 is 2.56 bits per heavy atom. The van der Waals surface area contributed by atoms with Crippen molar-refractivity contribution < 1.29 is 23.1 Å². The highest BCUT2D eigenvalue weighted by Crippen LogP contribution is 2.23. The monoisotopic (exact) mass is 253 g/mol. The second kappa shape index (κ2) is 4.48. The molecule has 0 bridgehead atoms. The van der Waals surface area contributed by atoms with E-state index in [1.807, 2.05) is 0 Å². The lowest BCUT2D eigenvalue weighted by molar-refractivity contribution is 0.0696. The number of nitrogens with zero attached hydrogens (tertiary/aromatic N) is 1. The van der Waals surface area contributed by atoms with E-state index < -0.39 is 23.6 Å². The molecule has 0 spiro atoms. The molecule has 0 aliphatic heterocycles. The van der Waals surface area contributed by atoms with Crippen molar-refractivity contribution in [3.05, 3.63) is 53.5 Å². The van der Waals surface area contributed by atoms with Gasteiger partial charge in [0.1, 0.15) is 0 Å². The highest BCUT2D eigenvalue weighted by atomic mass is 19.2. The van der Waals surface area contributed by atoms with E-state index in [4.69, 9.17) is 5.11 Å². The summed E-state index contributed by atoms with van der Waals surface area (Å²) in [4.78, 5) is 14.1. The normalized spacial score (nSPS) is 10.4. The van der Waals surface area contributed by atoms with Gasteiger partial charge < -0.3 is 5.11 Å². The molecule has 2 aromatic rings. The average molecular weight is 253 g/mol. The summed E-state index contributed by atoms with van der Waals surface area (Å²) >= 11 is 0. The van der Waals surface area contributed by atoms with E-state index in [1.165, 1.54) is 12.1 Å². The molecular weight excluding hydrogens is 247 g/mol. The van der Waals surface area contributed by atoms with E-state index >= 15 is 0 Å². The molecule has 2 rings (SSSR count). The molecule has 0 radical (unpaired) electrons. The van der Waals surface area contributed by atoms with Crippen LogP contribution in [0, 0.1) is 17.6 Å². The van der Waals surface area contributed by atoms with E-state index in [2.05, 4.69) is 4.98 Å². The summed E-state index contributed by atoms with van der Waals surface area (Å²) < 4.78 is 39.6. The van der Waals surface area contributed by atoms with Crippen molar-refractivity contribution in [1.82, 2.24) is 4.98 Å². The molecule has 0 unspecified atom stereocenters. The summed E-state index contributed by atoms with van der Waals surface area (Å²) in [6.07, 6.45) is 0. The Morgan fingerprint density at radius 2 is 1.89 bits per heavy atom. The topological polar surface area (TPSA) is 50.2 Å². The van der Waals surface area contributed by atoms with Gasteiger partial charge in [-0.3, -0.25) is 0 Å². The minimum atomic E-state index is -1.38. The number of hydrogen-bond donors (Lipinski definition) is 1. The zero-order valence-electron chi connectivity index (χ0n) is 8.82. The van der Waals surface area contributed by atoms with Gasteiger partial charge in [0.2, 0.25) is 5.95 Å². The molecule has 1 N–H and O–H groups in total. The largest absolute Gasteiger partial charge is 0.478 e. The molecule has 0 amide bonds. The molecule has 1 aromatic carbocycles. The van der Waals surface area contributed by atoms with Gasteiger partial charge in [0.05, 0.1) is 11.3 Å². The summed E-state index contributed by atoms with van der Waals surface area (Å²) in [5.74, 6) is -4.77. The number of carbonyl (C=O) groups is 1. The van der Waals surface area contributed by atoms with Crippen LogP contribution < -0.4 is 0 Å². The van der Waals surface area contributed by atoms with Crippen molar-refractivity contribution in [3.63, 3.8) is 0 Å². The van der Waals surface area contributed by atoms with E-state index in [9.17, 15) is 18.0 Å². The molecule has 18 heavy (non-hydrogen) atoms. The van der Waals surface area contributed by atoms with Gasteiger partial charge in [0.15, 0.2) is 11.6 Å². The summed E-state index contributed by atoms with van der Waals surface area (Å²) in [6, 6.07) is 4.98.